The van der Waals surface area contributed by atoms with Gasteiger partial charge in [-0.15, -0.1) is 0 Å². The van der Waals surface area contributed by atoms with Gasteiger partial charge in [0.05, 0.1) is 0 Å². The summed E-state index contributed by atoms with van der Waals surface area (Å²) in [5, 5.41) is 4.63. The van der Waals surface area contributed by atoms with Crippen LogP contribution >= 0.6 is 0 Å². The third kappa shape index (κ3) is 1.91. The molecule has 2 heterocycles. The van der Waals surface area contributed by atoms with Crippen molar-refractivity contribution in [2.24, 2.45) is 0 Å². The molecule has 0 saturated carbocycles. The average molecular weight is 338 g/mol. The van der Waals surface area contributed by atoms with Gasteiger partial charge in [-0.1, -0.05) is 54.1 Å². The molecule has 0 fully saturated rings. The van der Waals surface area contributed by atoms with Crippen molar-refractivity contribution < 1.29 is 4.79 Å². The molecule has 0 unspecified atom stereocenters. The summed E-state index contributed by atoms with van der Waals surface area (Å²) in [7, 11) is 0. The van der Waals surface area contributed by atoms with E-state index in [1.165, 1.54) is 5.56 Å². The van der Waals surface area contributed by atoms with E-state index in [1.807, 2.05) is 60.8 Å². The summed E-state index contributed by atoms with van der Waals surface area (Å²) in [5.74, 6) is 0.0849. The van der Waals surface area contributed by atoms with E-state index < -0.39 is 5.54 Å². The maximum absolute atomic E-state index is 13.7. The molecule has 3 aromatic carbocycles. The highest BCUT2D eigenvalue weighted by molar-refractivity contribution is 6.17. The molecule has 5 rings (SSSR count). The van der Waals surface area contributed by atoms with Crippen molar-refractivity contribution in [1.29, 1.82) is 0 Å². The lowest BCUT2D eigenvalue weighted by Crippen LogP contribution is -2.39. The summed E-state index contributed by atoms with van der Waals surface area (Å²) in [4.78, 5) is 17.0. The molecule has 0 amide bonds. The highest BCUT2D eigenvalue weighted by atomic mass is 16.1. The normalized spacial score (nSPS) is 18.7. The monoisotopic (exact) mass is 338 g/mol. The molecular formula is C23H18N2O. The molecule has 1 aliphatic heterocycles. The Hall–Kier alpha value is -3.33. The third-order valence-corrected chi connectivity index (χ3v) is 5.28. The lowest BCUT2D eigenvalue weighted by atomic mass is 9.79. The van der Waals surface area contributed by atoms with E-state index in [-0.39, 0.29) is 5.78 Å². The van der Waals surface area contributed by atoms with Crippen molar-refractivity contribution in [2.45, 2.75) is 12.5 Å². The summed E-state index contributed by atoms with van der Waals surface area (Å²) < 4.78 is 0. The second-order valence-electron chi connectivity index (χ2n) is 6.87. The number of aryl methyl sites for hydroxylation is 1. The van der Waals surface area contributed by atoms with Crippen LogP contribution < -0.4 is 5.32 Å². The van der Waals surface area contributed by atoms with Crippen LogP contribution in [0.25, 0.3) is 10.9 Å². The molecule has 2 N–H and O–H groups in total. The first-order valence-corrected chi connectivity index (χ1v) is 8.76. The molecule has 4 aromatic rings. The van der Waals surface area contributed by atoms with Crippen LogP contribution in [0.2, 0.25) is 0 Å². The number of hydrogen-bond acceptors (Lipinski definition) is 2. The van der Waals surface area contributed by atoms with Gasteiger partial charge < -0.3 is 10.3 Å². The summed E-state index contributed by atoms with van der Waals surface area (Å²) in [6.07, 6.45) is 1.97. The van der Waals surface area contributed by atoms with E-state index in [9.17, 15) is 4.79 Å². The molecule has 0 bridgehead atoms. The predicted octanol–water partition coefficient (Wildman–Crippen LogP) is 5.03. The molecule has 26 heavy (non-hydrogen) atoms. The van der Waals surface area contributed by atoms with Gasteiger partial charge in [0.2, 0.25) is 0 Å². The van der Waals surface area contributed by atoms with Gasteiger partial charge in [0.15, 0.2) is 11.3 Å². The molecule has 3 heteroatoms. The Balaban J connectivity index is 1.85. The molecule has 1 aliphatic rings. The minimum Gasteiger partial charge on any atom is -0.365 e. The van der Waals surface area contributed by atoms with Crippen LogP contribution in [0, 0.1) is 6.92 Å². The first-order valence-electron chi connectivity index (χ1n) is 8.76. The smallest absolute Gasteiger partial charge is 0.199 e. The third-order valence-electron chi connectivity index (χ3n) is 5.28. The van der Waals surface area contributed by atoms with Crippen LogP contribution in [0.15, 0.2) is 79.0 Å². The summed E-state index contributed by atoms with van der Waals surface area (Å²) in [6.45, 7) is 2.07. The quantitative estimate of drug-likeness (QED) is 0.538. The maximum atomic E-state index is 13.7. The Morgan fingerprint density at radius 3 is 2.46 bits per heavy atom. The first-order chi connectivity index (χ1) is 12.7. The molecule has 0 aliphatic carbocycles. The number of hydrogen-bond donors (Lipinski definition) is 2. The van der Waals surface area contributed by atoms with Gasteiger partial charge in [-0.05, 0) is 36.8 Å². The van der Waals surface area contributed by atoms with Crippen LogP contribution in [0.5, 0.6) is 0 Å². The van der Waals surface area contributed by atoms with E-state index in [4.69, 9.17) is 0 Å². The fourth-order valence-corrected chi connectivity index (χ4v) is 4.03. The van der Waals surface area contributed by atoms with E-state index in [2.05, 4.69) is 35.4 Å². The van der Waals surface area contributed by atoms with Gasteiger partial charge in [0.25, 0.3) is 0 Å². The van der Waals surface area contributed by atoms with Gasteiger partial charge >= 0.3 is 0 Å². The number of aromatic amines is 1. The number of carbonyl (C=O) groups is 1. The van der Waals surface area contributed by atoms with Gasteiger partial charge in [0, 0.05) is 33.9 Å². The maximum Gasteiger partial charge on any atom is 0.199 e. The number of H-pyrrole nitrogens is 1. The highest BCUT2D eigenvalue weighted by Gasteiger charge is 2.49. The minimum absolute atomic E-state index is 0.0849. The van der Waals surface area contributed by atoms with Crippen LogP contribution in [-0.4, -0.2) is 10.8 Å². The van der Waals surface area contributed by atoms with Gasteiger partial charge in [0.1, 0.15) is 0 Å². The molecular weight excluding hydrogens is 320 g/mol. The molecule has 3 nitrogen and oxygen atoms in total. The number of carbonyl (C=O) groups excluding carboxylic acids is 1. The Morgan fingerprint density at radius 2 is 1.65 bits per heavy atom. The highest BCUT2D eigenvalue weighted by Crippen LogP contribution is 2.45. The standard InChI is InChI=1S/C23H18N2O/c1-15-11-12-20-18(13-15)19(14-24-20)23(16-7-3-2-4-8-16)22(26)17-9-5-6-10-21(17)25-23/h2-14,24-25H,1H3/t23-/m1/s1. The zero-order chi connectivity index (χ0) is 17.7. The summed E-state index contributed by atoms with van der Waals surface area (Å²) >= 11 is 0. The lowest BCUT2D eigenvalue weighted by molar-refractivity contribution is 0.0941. The van der Waals surface area contributed by atoms with Crippen molar-refractivity contribution >= 4 is 22.4 Å². The molecule has 1 aromatic heterocycles. The number of Topliss-reactive ketones (excluding diaryl/α,β-unsaturated/α-hetero) is 1. The number of aromatic nitrogens is 1. The molecule has 1 atom stereocenters. The topological polar surface area (TPSA) is 44.9 Å². The average Bonchev–Trinajstić information content (AvgIpc) is 3.22. The van der Waals surface area contributed by atoms with E-state index in [0.717, 1.165) is 33.3 Å². The largest absolute Gasteiger partial charge is 0.365 e. The Morgan fingerprint density at radius 1 is 0.885 bits per heavy atom. The molecule has 0 spiro atoms. The molecule has 126 valence electrons. The SMILES string of the molecule is Cc1ccc2[nH]cc([C@@]3(c4ccccc4)Nc4ccccc4C3=O)c2c1. The number of nitrogens with one attached hydrogen (secondary N) is 2. The number of para-hydroxylation sites is 1. The number of benzene rings is 3. The van der Waals surface area contributed by atoms with E-state index in [0.29, 0.717) is 0 Å². The van der Waals surface area contributed by atoms with Crippen molar-refractivity contribution in [3.05, 3.63) is 101 Å². The zero-order valence-electron chi connectivity index (χ0n) is 14.4. The van der Waals surface area contributed by atoms with Gasteiger partial charge in [-0.2, -0.15) is 0 Å². The number of rotatable bonds is 2. The van der Waals surface area contributed by atoms with Crippen molar-refractivity contribution in [3.63, 3.8) is 0 Å². The zero-order valence-corrected chi connectivity index (χ0v) is 14.4. The van der Waals surface area contributed by atoms with Crippen LogP contribution in [-0.2, 0) is 5.54 Å². The fraction of sp³-hybridized carbons (Fsp3) is 0.0870. The van der Waals surface area contributed by atoms with Gasteiger partial charge in [-0.25, -0.2) is 0 Å². The second kappa shape index (κ2) is 5.33. The van der Waals surface area contributed by atoms with Crippen LogP contribution in [0.1, 0.15) is 27.0 Å². The van der Waals surface area contributed by atoms with Crippen molar-refractivity contribution in [1.82, 2.24) is 4.98 Å². The fourth-order valence-electron chi connectivity index (χ4n) is 4.03. The van der Waals surface area contributed by atoms with Crippen LogP contribution in [0.3, 0.4) is 0 Å². The van der Waals surface area contributed by atoms with E-state index >= 15 is 0 Å². The number of fused-ring (bicyclic) bond motifs is 2. The summed E-state index contributed by atoms with van der Waals surface area (Å²) in [6, 6.07) is 24.0. The molecule has 0 saturated heterocycles. The first kappa shape index (κ1) is 15.0. The predicted molar refractivity (Wildman–Crippen MR) is 105 cm³/mol. The van der Waals surface area contributed by atoms with Gasteiger partial charge in [-0.3, -0.25) is 4.79 Å². The Labute approximate surface area is 151 Å². The molecule has 0 radical (unpaired) electrons. The minimum atomic E-state index is -0.920. The summed E-state index contributed by atoms with van der Waals surface area (Å²) in [5.41, 5.74) is 4.81. The Kier molecular flexibility index (Phi) is 3.07. The van der Waals surface area contributed by atoms with Crippen molar-refractivity contribution in [3.8, 4) is 0 Å². The van der Waals surface area contributed by atoms with Crippen molar-refractivity contribution in [2.75, 3.05) is 5.32 Å². The van der Waals surface area contributed by atoms with Crippen LogP contribution in [0.4, 0.5) is 5.69 Å². The number of anilines is 1. The Bertz CT molecular complexity index is 1140. The number of ketones is 1. The lowest BCUT2D eigenvalue weighted by Gasteiger charge is -2.29. The van der Waals surface area contributed by atoms with E-state index in [1.54, 1.807) is 0 Å². The second-order valence-corrected chi connectivity index (χ2v) is 6.87.